The molecule has 4 atom stereocenters. The summed E-state index contributed by atoms with van der Waals surface area (Å²) in [5, 5.41) is 3.13. The van der Waals surface area contributed by atoms with Crippen molar-refractivity contribution >= 4 is 17.7 Å². The molecule has 5 aliphatic rings. The number of hydrogen-bond donors (Lipinski definition) is 1. The Hall–Kier alpha value is -3.79. The monoisotopic (exact) mass is 687 g/mol. The van der Waals surface area contributed by atoms with Crippen molar-refractivity contribution in [3.8, 4) is 0 Å². The van der Waals surface area contributed by atoms with E-state index in [-0.39, 0.29) is 54.0 Å². The third-order valence-electron chi connectivity index (χ3n) is 11.4. The number of carbonyl (C=O) groups excluding carboxylic acids is 3. The molecule has 272 valence electrons. The standard InChI is InChI=1S/C40H57N5O5/c1-27(2)19-31-21-35(22-38(46)41-31)43-15-11-32(12-16-43)44-28(3)20-34(23-39(44)47)42-17-13-33(14-18-42)45-37(24-36(49-5)25-40(45)48)29(4)50-26-30-9-7-6-8-10-30/h6-10,22-23,25,27-29,31-33,37H,11-21,24,26H2,1-5H3,(H,41,46)/t28-,29+,31+,37?/m0/s1. The van der Waals surface area contributed by atoms with E-state index in [1.54, 1.807) is 19.3 Å². The number of benzene rings is 1. The van der Waals surface area contributed by atoms with E-state index in [0.717, 1.165) is 88.1 Å². The van der Waals surface area contributed by atoms with Gasteiger partial charge in [0.2, 0.25) is 11.8 Å². The van der Waals surface area contributed by atoms with E-state index >= 15 is 0 Å². The summed E-state index contributed by atoms with van der Waals surface area (Å²) in [4.78, 5) is 48.5. The van der Waals surface area contributed by atoms with E-state index in [1.807, 2.05) is 29.2 Å². The van der Waals surface area contributed by atoms with Crippen LogP contribution in [0.4, 0.5) is 0 Å². The second kappa shape index (κ2) is 16.0. The van der Waals surface area contributed by atoms with Gasteiger partial charge in [-0.05, 0) is 57.4 Å². The molecular formula is C40H57N5O5. The molecule has 0 aliphatic carbocycles. The summed E-state index contributed by atoms with van der Waals surface area (Å²) in [5.74, 6) is 1.36. The number of piperidine rings is 2. The van der Waals surface area contributed by atoms with Gasteiger partial charge in [0, 0.05) is 99.2 Å². The first-order chi connectivity index (χ1) is 24.1. The minimum absolute atomic E-state index is 0.00694. The first-order valence-electron chi connectivity index (χ1n) is 18.9. The lowest BCUT2D eigenvalue weighted by Crippen LogP contribution is -2.57. The van der Waals surface area contributed by atoms with Crippen LogP contribution in [0.1, 0.15) is 84.6 Å². The van der Waals surface area contributed by atoms with Gasteiger partial charge >= 0.3 is 0 Å². The van der Waals surface area contributed by atoms with Crippen LogP contribution in [0.15, 0.2) is 65.7 Å². The predicted octanol–water partition coefficient (Wildman–Crippen LogP) is 4.97. The highest BCUT2D eigenvalue weighted by Gasteiger charge is 2.41. The topological polar surface area (TPSA) is 94.7 Å². The Kier molecular flexibility index (Phi) is 11.6. The van der Waals surface area contributed by atoms with Crippen LogP contribution in [0, 0.1) is 5.92 Å². The Morgan fingerprint density at radius 3 is 1.98 bits per heavy atom. The van der Waals surface area contributed by atoms with E-state index in [4.69, 9.17) is 9.47 Å². The molecule has 1 N–H and O–H groups in total. The Morgan fingerprint density at radius 2 is 1.38 bits per heavy atom. The fourth-order valence-corrected chi connectivity index (χ4v) is 8.84. The summed E-state index contributed by atoms with van der Waals surface area (Å²) in [5.41, 5.74) is 3.37. The molecule has 0 spiro atoms. The van der Waals surface area contributed by atoms with Crippen molar-refractivity contribution < 1.29 is 23.9 Å². The number of ether oxygens (including phenoxy) is 2. The SMILES string of the molecule is COC1=CC(=O)N(C2CCN(C3=CC(=O)N(C4CCN(C5=CC(=O)N[C@H](CC(C)C)C5)CC4)[C@@H](C)C3)CC2)C([C@@H](C)OCc2ccccc2)C1. The van der Waals surface area contributed by atoms with Crippen molar-refractivity contribution in [3.63, 3.8) is 0 Å². The second-order valence-corrected chi connectivity index (χ2v) is 15.4. The molecular weight excluding hydrogens is 630 g/mol. The smallest absolute Gasteiger partial charge is 0.250 e. The molecule has 5 heterocycles. The molecule has 3 amide bonds. The zero-order valence-corrected chi connectivity index (χ0v) is 30.7. The number of likely N-dealkylation sites (tertiary alicyclic amines) is 2. The number of rotatable bonds is 11. The van der Waals surface area contributed by atoms with Crippen LogP contribution in [0.3, 0.4) is 0 Å². The molecule has 1 aromatic rings. The maximum absolute atomic E-state index is 13.7. The number of amides is 3. The van der Waals surface area contributed by atoms with Crippen molar-refractivity contribution in [1.29, 1.82) is 0 Å². The van der Waals surface area contributed by atoms with Gasteiger partial charge in [-0.2, -0.15) is 0 Å². The van der Waals surface area contributed by atoms with Crippen LogP contribution in [0.2, 0.25) is 0 Å². The molecule has 10 nitrogen and oxygen atoms in total. The van der Waals surface area contributed by atoms with E-state index in [9.17, 15) is 14.4 Å². The molecule has 10 heteroatoms. The lowest BCUT2D eigenvalue weighted by molar-refractivity contribution is -0.139. The van der Waals surface area contributed by atoms with Gasteiger partial charge in [-0.15, -0.1) is 0 Å². The molecule has 2 fully saturated rings. The Balaban J connectivity index is 1.03. The van der Waals surface area contributed by atoms with Gasteiger partial charge in [-0.25, -0.2) is 0 Å². The highest BCUT2D eigenvalue weighted by atomic mass is 16.5. The largest absolute Gasteiger partial charge is 0.501 e. The summed E-state index contributed by atoms with van der Waals surface area (Å²) in [6.45, 7) is 12.5. The normalized spacial score (nSPS) is 26.5. The maximum atomic E-state index is 13.7. The molecule has 0 radical (unpaired) electrons. The van der Waals surface area contributed by atoms with E-state index in [0.29, 0.717) is 24.7 Å². The van der Waals surface area contributed by atoms with Crippen molar-refractivity contribution in [3.05, 3.63) is 71.3 Å². The molecule has 0 aromatic heterocycles. The van der Waals surface area contributed by atoms with Crippen LogP contribution < -0.4 is 5.32 Å². The van der Waals surface area contributed by atoms with Gasteiger partial charge in [-0.1, -0.05) is 44.2 Å². The third-order valence-corrected chi connectivity index (χ3v) is 11.4. The van der Waals surface area contributed by atoms with Gasteiger partial charge < -0.3 is 34.4 Å². The average Bonchev–Trinajstić information content (AvgIpc) is 3.10. The highest BCUT2D eigenvalue weighted by Crippen LogP contribution is 2.34. The summed E-state index contributed by atoms with van der Waals surface area (Å²) in [7, 11) is 1.63. The van der Waals surface area contributed by atoms with E-state index in [2.05, 4.69) is 59.8 Å². The zero-order valence-electron chi connectivity index (χ0n) is 30.7. The second-order valence-electron chi connectivity index (χ2n) is 15.4. The van der Waals surface area contributed by atoms with Gasteiger partial charge in [-0.3, -0.25) is 14.4 Å². The lowest BCUT2D eigenvalue weighted by Gasteiger charge is -2.48. The highest BCUT2D eigenvalue weighted by molar-refractivity contribution is 5.90. The first kappa shape index (κ1) is 36.0. The Labute approximate surface area is 298 Å². The molecule has 50 heavy (non-hydrogen) atoms. The molecule has 2 saturated heterocycles. The average molecular weight is 688 g/mol. The summed E-state index contributed by atoms with van der Waals surface area (Å²) < 4.78 is 11.9. The van der Waals surface area contributed by atoms with Crippen molar-refractivity contribution in [2.75, 3.05) is 33.3 Å². The minimum atomic E-state index is -0.158. The van der Waals surface area contributed by atoms with Crippen molar-refractivity contribution in [1.82, 2.24) is 24.9 Å². The number of nitrogens with one attached hydrogen (secondary N) is 1. The van der Waals surface area contributed by atoms with Gasteiger partial charge in [0.1, 0.15) is 5.76 Å². The van der Waals surface area contributed by atoms with Gasteiger partial charge in [0.05, 0.1) is 25.9 Å². The van der Waals surface area contributed by atoms with Crippen LogP contribution in [-0.4, -0.2) is 107 Å². The molecule has 5 aliphatic heterocycles. The van der Waals surface area contributed by atoms with E-state index in [1.165, 1.54) is 0 Å². The maximum Gasteiger partial charge on any atom is 0.250 e. The lowest BCUT2D eigenvalue weighted by atomic mass is 9.92. The fraction of sp³-hybridized carbons (Fsp3) is 0.625. The Morgan fingerprint density at radius 1 is 0.780 bits per heavy atom. The first-order valence-corrected chi connectivity index (χ1v) is 18.9. The number of nitrogens with zero attached hydrogens (tertiary/aromatic N) is 4. The summed E-state index contributed by atoms with van der Waals surface area (Å²) >= 11 is 0. The third kappa shape index (κ3) is 8.39. The molecule has 6 rings (SSSR count). The molecule has 1 aromatic carbocycles. The summed E-state index contributed by atoms with van der Waals surface area (Å²) in [6, 6.07) is 10.7. The fourth-order valence-electron chi connectivity index (χ4n) is 8.84. The Bertz CT molecular complexity index is 1460. The van der Waals surface area contributed by atoms with Crippen LogP contribution >= 0.6 is 0 Å². The predicted molar refractivity (Wildman–Crippen MR) is 193 cm³/mol. The van der Waals surface area contributed by atoms with Crippen molar-refractivity contribution in [2.24, 2.45) is 5.92 Å². The van der Waals surface area contributed by atoms with Crippen LogP contribution in [-0.2, 0) is 30.5 Å². The zero-order chi connectivity index (χ0) is 35.4. The number of carbonyl (C=O) groups is 3. The molecule has 0 bridgehead atoms. The van der Waals surface area contributed by atoms with Crippen LogP contribution in [0.5, 0.6) is 0 Å². The minimum Gasteiger partial charge on any atom is -0.501 e. The van der Waals surface area contributed by atoms with Gasteiger partial charge in [0.25, 0.3) is 5.91 Å². The van der Waals surface area contributed by atoms with E-state index < -0.39 is 0 Å². The molecule has 1 unspecified atom stereocenters. The van der Waals surface area contributed by atoms with Crippen molar-refractivity contribution in [2.45, 2.75) is 122 Å². The van der Waals surface area contributed by atoms with Gasteiger partial charge in [0.15, 0.2) is 0 Å². The summed E-state index contributed by atoms with van der Waals surface area (Å²) in [6.07, 6.45) is 12.0. The quantitative estimate of drug-likeness (QED) is 0.351. The van der Waals surface area contributed by atoms with Crippen LogP contribution in [0.25, 0.3) is 0 Å². The number of hydrogen-bond acceptors (Lipinski definition) is 7. The number of methoxy groups -OCH3 is 1. The molecule has 0 saturated carbocycles.